The van der Waals surface area contributed by atoms with Crippen molar-refractivity contribution >= 4 is 0 Å². The highest BCUT2D eigenvalue weighted by molar-refractivity contribution is 5.14. The van der Waals surface area contributed by atoms with Crippen LogP contribution in [0.5, 0.6) is 0 Å². The van der Waals surface area contributed by atoms with Crippen LogP contribution in [0, 0.1) is 0 Å². The third kappa shape index (κ3) is 3.16. The maximum Gasteiger partial charge on any atom is 0.0731 e. The minimum absolute atomic E-state index is 0.0369. The Balaban J connectivity index is 1.54. The number of hydrogen-bond donors (Lipinski definition) is 1. The van der Waals surface area contributed by atoms with Crippen LogP contribution >= 0.6 is 0 Å². The molecule has 2 saturated heterocycles. The number of likely N-dealkylation sites (tertiary alicyclic amines) is 1. The lowest BCUT2D eigenvalue weighted by Crippen LogP contribution is -2.50. The fourth-order valence-corrected chi connectivity index (χ4v) is 3.31. The zero-order valence-corrected chi connectivity index (χ0v) is 11.4. The van der Waals surface area contributed by atoms with Crippen LogP contribution in [-0.4, -0.2) is 41.4 Å². The molecule has 1 aromatic carbocycles. The highest BCUT2D eigenvalue weighted by Crippen LogP contribution is 2.35. The molecule has 1 atom stereocenters. The second-order valence-electron chi connectivity index (χ2n) is 5.94. The van der Waals surface area contributed by atoms with E-state index >= 15 is 0 Å². The summed E-state index contributed by atoms with van der Waals surface area (Å²) in [5, 5.41) is 9.83. The van der Waals surface area contributed by atoms with Gasteiger partial charge in [-0.2, -0.15) is 0 Å². The average molecular weight is 261 g/mol. The lowest BCUT2D eigenvalue weighted by molar-refractivity contribution is -0.143. The minimum atomic E-state index is -0.158. The molecule has 2 heterocycles. The molecule has 104 valence electrons. The highest BCUT2D eigenvalue weighted by Gasteiger charge is 2.39. The molecular weight excluding hydrogens is 238 g/mol. The number of piperidine rings is 1. The monoisotopic (exact) mass is 261 g/mol. The molecule has 3 nitrogen and oxygen atoms in total. The van der Waals surface area contributed by atoms with Crippen molar-refractivity contribution in [2.45, 2.75) is 43.9 Å². The molecule has 2 aliphatic heterocycles. The van der Waals surface area contributed by atoms with Crippen molar-refractivity contribution < 1.29 is 9.84 Å². The summed E-state index contributed by atoms with van der Waals surface area (Å²) < 4.78 is 5.99. The zero-order chi connectivity index (χ0) is 13.1. The van der Waals surface area contributed by atoms with Crippen molar-refractivity contribution in [2.75, 3.05) is 19.7 Å². The van der Waals surface area contributed by atoms with Crippen LogP contribution < -0.4 is 0 Å². The number of ether oxygens (including phenoxy) is 1. The van der Waals surface area contributed by atoms with E-state index < -0.39 is 0 Å². The summed E-state index contributed by atoms with van der Waals surface area (Å²) in [5.41, 5.74) is 1.34. The summed E-state index contributed by atoms with van der Waals surface area (Å²) in [4.78, 5) is 2.49. The van der Waals surface area contributed by atoms with Gasteiger partial charge in [0, 0.05) is 32.7 Å². The largest absolute Gasteiger partial charge is 0.393 e. The number of nitrogens with zero attached hydrogens (tertiary/aromatic N) is 1. The third-order valence-electron chi connectivity index (χ3n) is 4.48. The second-order valence-corrected chi connectivity index (χ2v) is 5.94. The number of aliphatic hydroxyl groups excluding tert-OH is 1. The van der Waals surface area contributed by atoms with Gasteiger partial charge in [0.05, 0.1) is 11.7 Å². The molecule has 0 saturated carbocycles. The Hall–Kier alpha value is -0.900. The number of rotatable bonds is 2. The van der Waals surface area contributed by atoms with Crippen LogP contribution in [0.4, 0.5) is 0 Å². The Kier molecular flexibility index (Phi) is 3.87. The number of aliphatic hydroxyl groups is 1. The molecule has 0 bridgehead atoms. The van der Waals surface area contributed by atoms with Crippen LogP contribution in [0.15, 0.2) is 30.3 Å². The summed E-state index contributed by atoms with van der Waals surface area (Å²) in [6.45, 7) is 3.89. The molecular formula is C16H23NO2. The molecule has 2 aliphatic rings. The van der Waals surface area contributed by atoms with Crippen molar-refractivity contribution in [3.05, 3.63) is 35.9 Å². The average Bonchev–Trinajstić information content (AvgIpc) is 2.43. The third-order valence-corrected chi connectivity index (χ3v) is 4.48. The van der Waals surface area contributed by atoms with E-state index in [1.54, 1.807) is 0 Å². The van der Waals surface area contributed by atoms with E-state index in [4.69, 9.17) is 4.74 Å². The summed E-state index contributed by atoms with van der Waals surface area (Å²) in [5.74, 6) is 0. The van der Waals surface area contributed by atoms with Gasteiger partial charge in [0.25, 0.3) is 0 Å². The Bertz CT molecular complexity index is 398. The predicted molar refractivity (Wildman–Crippen MR) is 74.9 cm³/mol. The second kappa shape index (κ2) is 5.61. The van der Waals surface area contributed by atoms with Gasteiger partial charge in [-0.25, -0.2) is 0 Å². The van der Waals surface area contributed by atoms with Crippen molar-refractivity contribution in [1.82, 2.24) is 4.90 Å². The van der Waals surface area contributed by atoms with Crippen molar-refractivity contribution in [1.29, 1.82) is 0 Å². The van der Waals surface area contributed by atoms with Crippen LogP contribution in [-0.2, 0) is 11.3 Å². The standard InChI is InChI=1S/C16H23NO2/c18-15-6-11-19-16(12-15)7-9-17(10-8-16)13-14-4-2-1-3-5-14/h1-5,15,18H,6-13H2. The SMILES string of the molecule is OC1CCOC2(CCN(Cc3ccccc3)CC2)C1. The van der Waals surface area contributed by atoms with E-state index in [1.165, 1.54) is 5.56 Å². The first-order valence-electron chi connectivity index (χ1n) is 7.34. The Morgan fingerprint density at radius 1 is 1.21 bits per heavy atom. The van der Waals surface area contributed by atoms with Crippen LogP contribution in [0.25, 0.3) is 0 Å². The molecule has 2 fully saturated rings. The quantitative estimate of drug-likeness (QED) is 0.886. The van der Waals surface area contributed by atoms with E-state index in [0.717, 1.165) is 51.9 Å². The fourth-order valence-electron chi connectivity index (χ4n) is 3.31. The van der Waals surface area contributed by atoms with Crippen molar-refractivity contribution in [3.63, 3.8) is 0 Å². The molecule has 1 spiro atoms. The van der Waals surface area contributed by atoms with E-state index in [0.29, 0.717) is 0 Å². The van der Waals surface area contributed by atoms with Gasteiger partial charge in [0.15, 0.2) is 0 Å². The first-order chi connectivity index (χ1) is 9.26. The smallest absolute Gasteiger partial charge is 0.0731 e. The zero-order valence-electron chi connectivity index (χ0n) is 11.4. The topological polar surface area (TPSA) is 32.7 Å². The van der Waals surface area contributed by atoms with Gasteiger partial charge >= 0.3 is 0 Å². The van der Waals surface area contributed by atoms with E-state index in [-0.39, 0.29) is 11.7 Å². The lowest BCUT2D eigenvalue weighted by atomic mass is 9.83. The summed E-state index contributed by atoms with van der Waals surface area (Å²) >= 11 is 0. The molecule has 1 aromatic rings. The molecule has 19 heavy (non-hydrogen) atoms. The van der Waals surface area contributed by atoms with Gasteiger partial charge in [-0.05, 0) is 24.8 Å². The Morgan fingerprint density at radius 2 is 1.95 bits per heavy atom. The molecule has 0 aromatic heterocycles. The molecule has 0 amide bonds. The van der Waals surface area contributed by atoms with E-state index in [2.05, 4.69) is 35.2 Å². The number of hydrogen-bond acceptors (Lipinski definition) is 3. The van der Waals surface area contributed by atoms with E-state index in [9.17, 15) is 5.11 Å². The maximum atomic E-state index is 9.83. The van der Waals surface area contributed by atoms with Gasteiger partial charge in [0.1, 0.15) is 0 Å². The van der Waals surface area contributed by atoms with Gasteiger partial charge in [-0.1, -0.05) is 30.3 Å². The van der Waals surface area contributed by atoms with Gasteiger partial charge in [-0.15, -0.1) is 0 Å². The Labute approximate surface area is 115 Å². The predicted octanol–water partition coefficient (Wildman–Crippen LogP) is 2.19. The molecule has 1 unspecified atom stereocenters. The fraction of sp³-hybridized carbons (Fsp3) is 0.625. The summed E-state index contributed by atoms with van der Waals surface area (Å²) in [7, 11) is 0. The summed E-state index contributed by atoms with van der Waals surface area (Å²) in [6.07, 6.45) is 3.57. The first-order valence-corrected chi connectivity index (χ1v) is 7.34. The molecule has 3 rings (SSSR count). The normalized spacial score (nSPS) is 27.5. The van der Waals surface area contributed by atoms with Gasteiger partial charge in [-0.3, -0.25) is 4.90 Å². The number of benzene rings is 1. The molecule has 3 heteroatoms. The highest BCUT2D eigenvalue weighted by atomic mass is 16.5. The van der Waals surface area contributed by atoms with Crippen molar-refractivity contribution in [3.8, 4) is 0 Å². The Morgan fingerprint density at radius 3 is 2.63 bits per heavy atom. The molecule has 0 aliphatic carbocycles. The van der Waals surface area contributed by atoms with Crippen molar-refractivity contribution in [2.24, 2.45) is 0 Å². The van der Waals surface area contributed by atoms with Crippen LogP contribution in [0.3, 0.4) is 0 Å². The first kappa shape index (κ1) is 13.1. The lowest BCUT2D eigenvalue weighted by Gasteiger charge is -2.45. The van der Waals surface area contributed by atoms with Gasteiger partial charge < -0.3 is 9.84 Å². The molecule has 0 radical (unpaired) electrons. The minimum Gasteiger partial charge on any atom is -0.393 e. The van der Waals surface area contributed by atoms with Crippen LogP contribution in [0.1, 0.15) is 31.2 Å². The molecule has 1 N–H and O–H groups in total. The van der Waals surface area contributed by atoms with Gasteiger partial charge in [0.2, 0.25) is 0 Å². The van der Waals surface area contributed by atoms with Crippen LogP contribution in [0.2, 0.25) is 0 Å². The maximum absolute atomic E-state index is 9.83. The van der Waals surface area contributed by atoms with E-state index in [1.807, 2.05) is 0 Å². The summed E-state index contributed by atoms with van der Waals surface area (Å²) in [6, 6.07) is 10.6.